The normalized spacial score (nSPS) is 9.86. The fourth-order valence-electron chi connectivity index (χ4n) is 1.19. The second kappa shape index (κ2) is 4.65. The first-order valence-electron chi connectivity index (χ1n) is 4.68. The molecule has 0 aliphatic heterocycles. The Morgan fingerprint density at radius 3 is 2.64 bits per heavy atom. The quantitative estimate of drug-likeness (QED) is 0.748. The summed E-state index contributed by atoms with van der Waals surface area (Å²) in [5.74, 6) is 0.506. The van der Waals surface area contributed by atoms with Crippen molar-refractivity contribution in [2.75, 3.05) is 6.61 Å². The summed E-state index contributed by atoms with van der Waals surface area (Å²) in [6.45, 7) is 4.17. The second-order valence-electron chi connectivity index (χ2n) is 2.89. The number of phenols is 1. The molecule has 0 amide bonds. The van der Waals surface area contributed by atoms with Gasteiger partial charge in [-0.05, 0) is 19.1 Å². The Bertz CT molecular complexity index is 331. The minimum Gasteiger partial charge on any atom is -0.507 e. The molecule has 0 atom stereocenters. The fraction of sp³-hybridized carbons (Fsp3) is 0.364. The molecule has 0 saturated heterocycles. The zero-order valence-corrected chi connectivity index (χ0v) is 8.41. The number of carbonyl (C=O) groups is 1. The van der Waals surface area contributed by atoms with Crippen molar-refractivity contribution in [3.05, 3.63) is 23.8 Å². The van der Waals surface area contributed by atoms with Crippen molar-refractivity contribution in [1.82, 2.24) is 0 Å². The van der Waals surface area contributed by atoms with Gasteiger partial charge in [-0.2, -0.15) is 0 Å². The van der Waals surface area contributed by atoms with Gasteiger partial charge in [-0.1, -0.05) is 6.92 Å². The smallest absolute Gasteiger partial charge is 0.166 e. The van der Waals surface area contributed by atoms with Gasteiger partial charge in [0.25, 0.3) is 0 Å². The summed E-state index contributed by atoms with van der Waals surface area (Å²) in [5, 5.41) is 9.52. The Morgan fingerprint density at radius 2 is 2.14 bits per heavy atom. The van der Waals surface area contributed by atoms with Gasteiger partial charge in [0.2, 0.25) is 0 Å². The maximum Gasteiger partial charge on any atom is 0.166 e. The zero-order valence-electron chi connectivity index (χ0n) is 8.41. The monoisotopic (exact) mass is 194 g/mol. The Kier molecular flexibility index (Phi) is 3.51. The first-order chi connectivity index (χ1) is 6.69. The third-order valence-electron chi connectivity index (χ3n) is 1.90. The molecule has 14 heavy (non-hydrogen) atoms. The number of rotatable bonds is 4. The number of carbonyl (C=O) groups excluding carboxylic acids is 1. The average molecular weight is 194 g/mol. The number of Topliss-reactive ketones (excluding diaryl/α,β-unsaturated/α-hetero) is 1. The molecule has 0 radical (unpaired) electrons. The van der Waals surface area contributed by atoms with E-state index in [4.69, 9.17) is 4.74 Å². The molecule has 0 unspecified atom stereocenters. The van der Waals surface area contributed by atoms with E-state index in [0.717, 1.165) is 0 Å². The lowest BCUT2D eigenvalue weighted by atomic mass is 10.1. The molecule has 0 heterocycles. The van der Waals surface area contributed by atoms with E-state index in [0.29, 0.717) is 24.3 Å². The third kappa shape index (κ3) is 2.25. The fourth-order valence-corrected chi connectivity index (χ4v) is 1.19. The molecule has 1 rings (SSSR count). The lowest BCUT2D eigenvalue weighted by Gasteiger charge is -2.06. The molecule has 1 aromatic carbocycles. The number of hydrogen-bond donors (Lipinski definition) is 1. The maximum atomic E-state index is 11.3. The van der Waals surface area contributed by atoms with E-state index >= 15 is 0 Å². The van der Waals surface area contributed by atoms with Crippen LogP contribution in [0, 0.1) is 0 Å². The van der Waals surface area contributed by atoms with E-state index in [9.17, 15) is 9.90 Å². The van der Waals surface area contributed by atoms with Crippen LogP contribution in [0.3, 0.4) is 0 Å². The summed E-state index contributed by atoms with van der Waals surface area (Å²) in [7, 11) is 0. The molecule has 3 nitrogen and oxygen atoms in total. The van der Waals surface area contributed by atoms with Gasteiger partial charge in [-0.25, -0.2) is 0 Å². The second-order valence-corrected chi connectivity index (χ2v) is 2.89. The predicted molar refractivity (Wildman–Crippen MR) is 53.9 cm³/mol. The molecule has 0 aliphatic carbocycles. The molecule has 0 spiro atoms. The molecular weight excluding hydrogens is 180 g/mol. The molecule has 76 valence electrons. The van der Waals surface area contributed by atoms with Crippen LogP contribution in [-0.4, -0.2) is 17.5 Å². The van der Waals surface area contributed by atoms with E-state index in [1.165, 1.54) is 6.07 Å². The van der Waals surface area contributed by atoms with Crippen molar-refractivity contribution in [3.63, 3.8) is 0 Å². The number of aromatic hydroxyl groups is 1. The molecule has 0 aliphatic rings. The summed E-state index contributed by atoms with van der Waals surface area (Å²) < 4.78 is 5.18. The largest absolute Gasteiger partial charge is 0.507 e. The van der Waals surface area contributed by atoms with Gasteiger partial charge in [-0.3, -0.25) is 4.79 Å². The van der Waals surface area contributed by atoms with Crippen LogP contribution in [0.25, 0.3) is 0 Å². The summed E-state index contributed by atoms with van der Waals surface area (Å²) in [5.41, 5.74) is 0.357. The van der Waals surface area contributed by atoms with Crippen molar-refractivity contribution in [2.24, 2.45) is 0 Å². The van der Waals surface area contributed by atoms with Gasteiger partial charge < -0.3 is 9.84 Å². The van der Waals surface area contributed by atoms with Gasteiger partial charge in [0.05, 0.1) is 12.2 Å². The van der Waals surface area contributed by atoms with Gasteiger partial charge in [0, 0.05) is 12.5 Å². The van der Waals surface area contributed by atoms with E-state index in [-0.39, 0.29) is 11.5 Å². The highest BCUT2D eigenvalue weighted by Crippen LogP contribution is 2.24. The van der Waals surface area contributed by atoms with Crippen molar-refractivity contribution >= 4 is 5.78 Å². The maximum absolute atomic E-state index is 11.3. The van der Waals surface area contributed by atoms with Crippen molar-refractivity contribution in [3.8, 4) is 11.5 Å². The Hall–Kier alpha value is -1.51. The van der Waals surface area contributed by atoms with Crippen molar-refractivity contribution < 1.29 is 14.6 Å². The molecular formula is C11H14O3. The topological polar surface area (TPSA) is 46.5 Å². The van der Waals surface area contributed by atoms with Crippen LogP contribution in [0.2, 0.25) is 0 Å². The van der Waals surface area contributed by atoms with Crippen LogP contribution >= 0.6 is 0 Å². The van der Waals surface area contributed by atoms with Crippen LogP contribution in [0.5, 0.6) is 11.5 Å². The number of ketones is 1. The summed E-state index contributed by atoms with van der Waals surface area (Å²) in [6.07, 6.45) is 0.390. The summed E-state index contributed by atoms with van der Waals surface area (Å²) >= 11 is 0. The molecule has 0 aromatic heterocycles. The van der Waals surface area contributed by atoms with Crippen LogP contribution in [0.1, 0.15) is 30.6 Å². The minimum atomic E-state index is -0.0643. The van der Waals surface area contributed by atoms with Crippen LogP contribution in [0.15, 0.2) is 18.2 Å². The number of phenolic OH excluding ortho intramolecular Hbond substituents is 1. The van der Waals surface area contributed by atoms with Gasteiger partial charge in [0.1, 0.15) is 11.5 Å². The standard InChI is InChI=1S/C11H14O3/c1-3-10(12)9-6-5-8(14-4-2)7-11(9)13/h5-7,13H,3-4H2,1-2H3. The van der Waals surface area contributed by atoms with E-state index < -0.39 is 0 Å². The average Bonchev–Trinajstić information content (AvgIpc) is 2.17. The van der Waals surface area contributed by atoms with Crippen LogP contribution in [0.4, 0.5) is 0 Å². The zero-order chi connectivity index (χ0) is 10.6. The van der Waals surface area contributed by atoms with Gasteiger partial charge in [0.15, 0.2) is 5.78 Å². The molecule has 1 aromatic rings. The molecule has 0 fully saturated rings. The van der Waals surface area contributed by atoms with Gasteiger partial charge >= 0.3 is 0 Å². The Morgan fingerprint density at radius 1 is 1.43 bits per heavy atom. The highest BCUT2D eigenvalue weighted by Gasteiger charge is 2.09. The van der Waals surface area contributed by atoms with E-state index in [1.807, 2.05) is 6.92 Å². The third-order valence-corrected chi connectivity index (χ3v) is 1.90. The number of benzene rings is 1. The number of hydrogen-bond acceptors (Lipinski definition) is 3. The van der Waals surface area contributed by atoms with E-state index in [2.05, 4.69) is 0 Å². The van der Waals surface area contributed by atoms with Gasteiger partial charge in [-0.15, -0.1) is 0 Å². The Balaban J connectivity index is 2.95. The molecule has 1 N–H and O–H groups in total. The molecule has 3 heteroatoms. The van der Waals surface area contributed by atoms with Crippen LogP contribution in [-0.2, 0) is 0 Å². The lowest BCUT2D eigenvalue weighted by Crippen LogP contribution is -1.98. The van der Waals surface area contributed by atoms with Crippen LogP contribution < -0.4 is 4.74 Å². The molecule has 0 bridgehead atoms. The first kappa shape index (κ1) is 10.6. The Labute approximate surface area is 83.3 Å². The summed E-state index contributed by atoms with van der Waals surface area (Å²) in [4.78, 5) is 11.3. The number of ether oxygens (including phenoxy) is 1. The SMILES string of the molecule is CCOc1ccc(C(=O)CC)c(O)c1. The predicted octanol–water partition coefficient (Wildman–Crippen LogP) is 2.38. The lowest BCUT2D eigenvalue weighted by molar-refractivity contribution is 0.0985. The summed E-state index contributed by atoms with van der Waals surface area (Å²) in [6, 6.07) is 4.74. The van der Waals surface area contributed by atoms with E-state index in [1.54, 1.807) is 19.1 Å². The molecule has 0 saturated carbocycles. The van der Waals surface area contributed by atoms with Crippen molar-refractivity contribution in [1.29, 1.82) is 0 Å². The van der Waals surface area contributed by atoms with Crippen molar-refractivity contribution in [2.45, 2.75) is 20.3 Å². The highest BCUT2D eigenvalue weighted by atomic mass is 16.5. The highest BCUT2D eigenvalue weighted by molar-refractivity contribution is 5.98. The minimum absolute atomic E-state index is 0.0113. The first-order valence-corrected chi connectivity index (χ1v) is 4.68.